The van der Waals surface area contributed by atoms with Crippen LogP contribution in [-0.2, 0) is 9.59 Å². The summed E-state index contributed by atoms with van der Waals surface area (Å²) >= 11 is 0. The topological polar surface area (TPSA) is 34.1 Å². The first-order valence-corrected chi connectivity index (χ1v) is 10.1. The number of allylic oxidation sites excluding steroid dienone is 4. The fourth-order valence-electron chi connectivity index (χ4n) is 7.26. The Kier molecular flexibility index (Phi) is 3.57. The summed E-state index contributed by atoms with van der Waals surface area (Å²) in [7, 11) is 0. The van der Waals surface area contributed by atoms with E-state index in [2.05, 4.69) is 33.8 Å². The molecule has 4 aliphatic rings. The van der Waals surface area contributed by atoms with Crippen LogP contribution in [-0.4, -0.2) is 11.6 Å². The van der Waals surface area contributed by atoms with Crippen LogP contribution in [0, 0.1) is 34.0 Å². The first kappa shape index (κ1) is 17.2. The van der Waals surface area contributed by atoms with E-state index in [-0.39, 0.29) is 16.2 Å². The van der Waals surface area contributed by atoms with Crippen molar-refractivity contribution < 1.29 is 9.59 Å². The number of hydrogen-bond acceptors (Lipinski definition) is 2. The van der Waals surface area contributed by atoms with E-state index in [1.165, 1.54) is 24.0 Å². The van der Waals surface area contributed by atoms with E-state index >= 15 is 0 Å². The van der Waals surface area contributed by atoms with E-state index < -0.39 is 0 Å². The van der Waals surface area contributed by atoms with Crippen LogP contribution in [0.2, 0.25) is 0 Å². The maximum atomic E-state index is 12.5. The summed E-state index contributed by atoms with van der Waals surface area (Å²) in [6, 6.07) is 0. The molecule has 2 saturated carbocycles. The number of ketones is 2. The molecule has 0 saturated heterocycles. The molecule has 0 bridgehead atoms. The molecule has 0 spiro atoms. The van der Waals surface area contributed by atoms with Gasteiger partial charge in [-0.05, 0) is 86.2 Å². The quantitative estimate of drug-likeness (QED) is 0.651. The van der Waals surface area contributed by atoms with Gasteiger partial charge in [-0.25, -0.2) is 0 Å². The van der Waals surface area contributed by atoms with Crippen molar-refractivity contribution in [3.63, 3.8) is 0 Å². The van der Waals surface area contributed by atoms with Gasteiger partial charge in [0.2, 0.25) is 0 Å². The average molecular weight is 341 g/mol. The molecular formula is C23H32O2. The highest BCUT2D eigenvalue weighted by Crippen LogP contribution is 2.69. The van der Waals surface area contributed by atoms with Crippen molar-refractivity contribution in [2.75, 3.05) is 0 Å². The van der Waals surface area contributed by atoms with Crippen LogP contribution in [0.15, 0.2) is 23.3 Å². The van der Waals surface area contributed by atoms with Crippen molar-refractivity contribution in [2.24, 2.45) is 34.0 Å². The van der Waals surface area contributed by atoms with Gasteiger partial charge in [0.1, 0.15) is 5.78 Å². The maximum Gasteiger partial charge on any atom is 0.156 e. The summed E-state index contributed by atoms with van der Waals surface area (Å²) < 4.78 is 0. The monoisotopic (exact) mass is 340 g/mol. The highest BCUT2D eigenvalue weighted by atomic mass is 16.1. The highest BCUT2D eigenvalue weighted by Gasteiger charge is 2.63. The molecule has 0 radical (unpaired) electrons. The molecule has 0 aromatic carbocycles. The summed E-state index contributed by atoms with van der Waals surface area (Å²) in [5.41, 5.74) is 2.73. The van der Waals surface area contributed by atoms with Crippen LogP contribution >= 0.6 is 0 Å². The van der Waals surface area contributed by atoms with Crippen LogP contribution in [0.25, 0.3) is 0 Å². The fraction of sp³-hybridized carbons (Fsp3) is 0.739. The second kappa shape index (κ2) is 5.18. The number of hydrogen-bond donors (Lipinski definition) is 0. The van der Waals surface area contributed by atoms with E-state index in [0.29, 0.717) is 35.7 Å². The van der Waals surface area contributed by atoms with Gasteiger partial charge in [-0.2, -0.15) is 0 Å². The number of rotatable bonds is 1. The van der Waals surface area contributed by atoms with Gasteiger partial charge in [-0.15, -0.1) is 0 Å². The van der Waals surface area contributed by atoms with Crippen molar-refractivity contribution in [2.45, 2.75) is 73.1 Å². The predicted molar refractivity (Wildman–Crippen MR) is 100 cm³/mol. The summed E-state index contributed by atoms with van der Waals surface area (Å²) in [6.07, 6.45) is 10.7. The van der Waals surface area contributed by atoms with Gasteiger partial charge < -0.3 is 0 Å². The molecule has 4 rings (SSSR count). The molecule has 6 atom stereocenters. The lowest BCUT2D eigenvalue weighted by molar-refractivity contribution is -0.136. The zero-order chi connectivity index (χ0) is 18.2. The third-order valence-corrected chi connectivity index (χ3v) is 9.21. The van der Waals surface area contributed by atoms with Gasteiger partial charge in [0, 0.05) is 11.8 Å². The van der Waals surface area contributed by atoms with Crippen molar-refractivity contribution >= 4 is 11.6 Å². The van der Waals surface area contributed by atoms with Crippen molar-refractivity contribution in [3.05, 3.63) is 23.3 Å². The van der Waals surface area contributed by atoms with Crippen LogP contribution in [0.1, 0.15) is 73.1 Å². The molecule has 0 heterocycles. The number of fused-ring (bicyclic) bond motifs is 5. The molecule has 2 fully saturated rings. The van der Waals surface area contributed by atoms with Gasteiger partial charge in [0.05, 0.1) is 0 Å². The minimum atomic E-state index is -0.163. The minimum Gasteiger partial charge on any atom is -0.299 e. The van der Waals surface area contributed by atoms with Gasteiger partial charge >= 0.3 is 0 Å². The third kappa shape index (κ3) is 2.03. The summed E-state index contributed by atoms with van der Waals surface area (Å²) in [6.45, 7) is 11.0. The average Bonchev–Trinajstić information content (AvgIpc) is 2.83. The Morgan fingerprint density at radius 2 is 1.76 bits per heavy atom. The summed E-state index contributed by atoms with van der Waals surface area (Å²) in [5.74, 6) is 2.47. The molecule has 0 aromatic heterocycles. The third-order valence-electron chi connectivity index (χ3n) is 9.21. The van der Waals surface area contributed by atoms with E-state index in [0.717, 1.165) is 19.3 Å². The van der Waals surface area contributed by atoms with E-state index in [9.17, 15) is 9.59 Å². The zero-order valence-corrected chi connectivity index (χ0v) is 16.4. The Bertz CT molecular complexity index is 714. The Balaban J connectivity index is 1.80. The molecule has 0 aliphatic heterocycles. The number of carbonyl (C=O) groups excluding carboxylic acids is 2. The van der Waals surface area contributed by atoms with E-state index in [1.807, 2.05) is 6.08 Å². The molecule has 0 amide bonds. The molecule has 0 aromatic rings. The molecule has 2 heteroatoms. The smallest absolute Gasteiger partial charge is 0.156 e. The second-order valence-electron chi connectivity index (χ2n) is 9.96. The van der Waals surface area contributed by atoms with Gasteiger partial charge in [0.15, 0.2) is 5.78 Å². The SMILES string of the molecule is CC(=O)[C@@]1(C)CC[C@H]2[C@@H]3C=C(C)C4=CC(=O)CC[C@]4(C)C3CC[C@@]21C. The van der Waals surface area contributed by atoms with Gasteiger partial charge in [-0.1, -0.05) is 32.4 Å². The zero-order valence-electron chi connectivity index (χ0n) is 16.4. The summed E-state index contributed by atoms with van der Waals surface area (Å²) in [5, 5.41) is 0. The largest absolute Gasteiger partial charge is 0.299 e. The second-order valence-corrected chi connectivity index (χ2v) is 9.96. The minimum absolute atomic E-state index is 0.124. The van der Waals surface area contributed by atoms with Crippen molar-refractivity contribution in [1.82, 2.24) is 0 Å². The Hall–Kier alpha value is -1.18. The van der Waals surface area contributed by atoms with Gasteiger partial charge in [0.25, 0.3) is 0 Å². The first-order chi connectivity index (χ1) is 11.6. The predicted octanol–water partition coefficient (Wildman–Crippen LogP) is 5.28. The van der Waals surface area contributed by atoms with Gasteiger partial charge in [-0.3, -0.25) is 9.59 Å². The summed E-state index contributed by atoms with van der Waals surface area (Å²) in [4.78, 5) is 24.5. The molecule has 136 valence electrons. The van der Waals surface area contributed by atoms with Crippen LogP contribution < -0.4 is 0 Å². The van der Waals surface area contributed by atoms with E-state index in [1.54, 1.807) is 6.92 Å². The normalized spacial score (nSPS) is 48.8. The number of carbonyl (C=O) groups is 2. The van der Waals surface area contributed by atoms with Crippen LogP contribution in [0.4, 0.5) is 0 Å². The van der Waals surface area contributed by atoms with Crippen LogP contribution in [0.5, 0.6) is 0 Å². The molecular weight excluding hydrogens is 308 g/mol. The van der Waals surface area contributed by atoms with E-state index in [4.69, 9.17) is 0 Å². The lowest BCUT2D eigenvalue weighted by atomic mass is 9.46. The maximum absolute atomic E-state index is 12.5. The molecule has 0 N–H and O–H groups in total. The number of Topliss-reactive ketones (excluding diaryl/α,β-unsaturated/α-hetero) is 1. The van der Waals surface area contributed by atoms with Crippen LogP contribution in [0.3, 0.4) is 0 Å². The lowest BCUT2D eigenvalue weighted by Gasteiger charge is -2.58. The molecule has 1 unspecified atom stereocenters. The van der Waals surface area contributed by atoms with Crippen molar-refractivity contribution in [3.8, 4) is 0 Å². The lowest BCUT2D eigenvalue weighted by Crippen LogP contribution is -2.52. The highest BCUT2D eigenvalue weighted by molar-refractivity contribution is 5.92. The van der Waals surface area contributed by atoms with Crippen molar-refractivity contribution in [1.29, 1.82) is 0 Å². The molecule has 25 heavy (non-hydrogen) atoms. The molecule has 4 aliphatic carbocycles. The fourth-order valence-corrected chi connectivity index (χ4v) is 7.26. The molecule has 2 nitrogen and oxygen atoms in total. The Labute approximate surface area is 152 Å². The Morgan fingerprint density at radius 3 is 2.44 bits per heavy atom. The standard InChI is InChI=1S/C23H32O2/c1-14-12-17-18(21(3)9-6-16(25)13-20(14)21)7-11-23(5)19(17)8-10-22(23,4)15(2)24/h12-13,17-19H,6-11H2,1-5H3/t17-,18?,19+,21-,22-,23+/m1/s1. The first-order valence-electron chi connectivity index (χ1n) is 10.1. The Morgan fingerprint density at radius 1 is 1.08 bits per heavy atom.